The van der Waals surface area contributed by atoms with E-state index in [2.05, 4.69) is 4.84 Å². The molecule has 3 nitrogen and oxygen atoms in total. The van der Waals surface area contributed by atoms with Crippen molar-refractivity contribution in [3.8, 4) is 0 Å². The molecule has 6 heteroatoms. The summed E-state index contributed by atoms with van der Waals surface area (Å²) in [6, 6.07) is 0. The van der Waals surface area contributed by atoms with Crippen LogP contribution >= 0.6 is 0 Å². The molecule has 0 aromatic heterocycles. The maximum absolute atomic E-state index is 11.7. The molecule has 0 radical (unpaired) electrons. The normalized spacial score (nSPS) is 26.7. The Balaban J connectivity index is 2.64. The van der Waals surface area contributed by atoms with Crippen molar-refractivity contribution in [3.63, 3.8) is 0 Å². The van der Waals surface area contributed by atoms with Crippen molar-refractivity contribution in [3.05, 3.63) is 0 Å². The molecule has 58 valence electrons. The topological polar surface area (TPSA) is 38.3 Å². The zero-order valence-electron chi connectivity index (χ0n) is 4.73. The van der Waals surface area contributed by atoms with Gasteiger partial charge in [0.2, 0.25) is 0 Å². The predicted octanol–water partition coefficient (Wildman–Crippen LogP) is 0.226. The molecule has 1 saturated heterocycles. The average Bonchev–Trinajstić information content (AvgIpc) is 2.11. The second-order valence-corrected chi connectivity index (χ2v) is 1.86. The first kappa shape index (κ1) is 7.33. The first-order valence-electron chi connectivity index (χ1n) is 2.52. The van der Waals surface area contributed by atoms with Crippen molar-refractivity contribution in [2.24, 2.45) is 5.92 Å². The fourth-order valence-electron chi connectivity index (χ4n) is 0.600. The zero-order valence-corrected chi connectivity index (χ0v) is 4.73. The summed E-state index contributed by atoms with van der Waals surface area (Å²) in [5.74, 6) is -3.25. The lowest BCUT2D eigenvalue weighted by Crippen LogP contribution is -2.29. The number of carbonyl (C=O) groups is 1. The molecular weight excluding hydrogens is 151 g/mol. The van der Waals surface area contributed by atoms with E-state index in [1.807, 2.05) is 5.48 Å². The highest BCUT2D eigenvalue weighted by molar-refractivity contribution is 5.74. The van der Waals surface area contributed by atoms with Crippen molar-refractivity contribution in [1.29, 1.82) is 0 Å². The Morgan fingerprint density at radius 3 is 2.40 bits per heavy atom. The third-order valence-electron chi connectivity index (χ3n) is 1.14. The minimum atomic E-state index is -4.49. The Hall–Kier alpha value is -0.780. The summed E-state index contributed by atoms with van der Waals surface area (Å²) in [5.41, 5.74) is 1.86. The van der Waals surface area contributed by atoms with Gasteiger partial charge in [-0.3, -0.25) is 0 Å². The molecule has 1 rings (SSSR count). The smallest absolute Gasteiger partial charge is 0.370 e. The Bertz CT molecular complexity index is 155. The van der Waals surface area contributed by atoms with Crippen LogP contribution in [0.4, 0.5) is 13.2 Å². The van der Waals surface area contributed by atoms with Crippen LogP contribution in [0.25, 0.3) is 0 Å². The summed E-state index contributed by atoms with van der Waals surface area (Å²) >= 11 is 0. The van der Waals surface area contributed by atoms with Crippen molar-refractivity contribution in [2.45, 2.75) is 6.18 Å². The quantitative estimate of drug-likeness (QED) is 0.544. The minimum Gasteiger partial charge on any atom is -0.370 e. The zero-order chi connectivity index (χ0) is 7.78. The number of hydrogen-bond donors (Lipinski definition) is 1. The summed E-state index contributed by atoms with van der Waals surface area (Å²) in [4.78, 5) is 14.1. The van der Waals surface area contributed by atoms with Gasteiger partial charge in [-0.05, 0) is 0 Å². The second kappa shape index (κ2) is 2.12. The fourth-order valence-corrected chi connectivity index (χ4v) is 0.600. The van der Waals surface area contributed by atoms with Crippen LogP contribution in [-0.2, 0) is 9.63 Å². The molecule has 0 aromatic carbocycles. The molecule has 0 saturated carbocycles. The van der Waals surface area contributed by atoms with E-state index >= 15 is 0 Å². The summed E-state index contributed by atoms with van der Waals surface area (Å²) in [6.07, 6.45) is -4.49. The minimum absolute atomic E-state index is 0.484. The summed E-state index contributed by atoms with van der Waals surface area (Å²) in [5, 5.41) is 0. The molecule has 0 amide bonds. The third kappa shape index (κ3) is 1.21. The highest BCUT2D eigenvalue weighted by Crippen LogP contribution is 2.28. The number of halogens is 3. The summed E-state index contributed by atoms with van der Waals surface area (Å²) in [6.45, 7) is -0.484. The third-order valence-corrected chi connectivity index (χ3v) is 1.14. The molecule has 1 unspecified atom stereocenters. The van der Waals surface area contributed by atoms with Gasteiger partial charge in [0.1, 0.15) is 0 Å². The lowest BCUT2D eigenvalue weighted by atomic mass is 10.1. The van der Waals surface area contributed by atoms with Crippen LogP contribution < -0.4 is 5.48 Å². The molecule has 0 bridgehead atoms. The maximum atomic E-state index is 11.7. The molecule has 1 N–H and O–H groups in total. The highest BCUT2D eigenvalue weighted by atomic mass is 19.4. The van der Waals surface area contributed by atoms with Gasteiger partial charge in [-0.1, -0.05) is 0 Å². The standard InChI is InChI=1S/C4H4F3NO2/c5-4(6,7)2-1-8-10-3(2)9/h2,8H,1H2. The molecule has 10 heavy (non-hydrogen) atoms. The van der Waals surface area contributed by atoms with Gasteiger partial charge in [0.15, 0.2) is 5.92 Å². The van der Waals surface area contributed by atoms with Crippen LogP contribution in [-0.4, -0.2) is 18.7 Å². The fraction of sp³-hybridized carbons (Fsp3) is 0.750. The van der Waals surface area contributed by atoms with E-state index in [4.69, 9.17) is 0 Å². The molecule has 0 spiro atoms. The van der Waals surface area contributed by atoms with Gasteiger partial charge in [-0.2, -0.15) is 18.7 Å². The van der Waals surface area contributed by atoms with E-state index in [9.17, 15) is 18.0 Å². The molecule has 0 aliphatic carbocycles. The average molecular weight is 155 g/mol. The van der Waals surface area contributed by atoms with Gasteiger partial charge in [-0.25, -0.2) is 4.79 Å². The van der Waals surface area contributed by atoms with Crippen molar-refractivity contribution < 1.29 is 22.8 Å². The van der Waals surface area contributed by atoms with Crippen molar-refractivity contribution >= 4 is 5.97 Å². The molecule has 1 aliphatic heterocycles. The molecular formula is C4H4F3NO2. The van der Waals surface area contributed by atoms with Gasteiger partial charge in [-0.15, -0.1) is 0 Å². The maximum Gasteiger partial charge on any atom is 0.403 e. The Kier molecular flexibility index (Phi) is 1.55. The molecule has 1 aliphatic rings. The number of hydroxylamine groups is 1. The van der Waals surface area contributed by atoms with Gasteiger partial charge in [0.25, 0.3) is 0 Å². The Morgan fingerprint density at radius 2 is 2.20 bits per heavy atom. The molecule has 1 heterocycles. The monoisotopic (exact) mass is 155 g/mol. The van der Waals surface area contributed by atoms with Crippen LogP contribution in [0.5, 0.6) is 0 Å². The van der Waals surface area contributed by atoms with Crippen LogP contribution in [0.1, 0.15) is 0 Å². The van der Waals surface area contributed by atoms with E-state index in [0.29, 0.717) is 0 Å². The van der Waals surface area contributed by atoms with Crippen LogP contribution in [0, 0.1) is 5.92 Å². The van der Waals surface area contributed by atoms with Gasteiger partial charge in [0.05, 0.1) is 6.54 Å². The molecule has 0 aromatic rings. The van der Waals surface area contributed by atoms with E-state index < -0.39 is 24.6 Å². The van der Waals surface area contributed by atoms with Gasteiger partial charge in [0, 0.05) is 0 Å². The lowest BCUT2D eigenvalue weighted by Gasteiger charge is -2.07. The molecule has 1 atom stereocenters. The number of hydrogen-bond acceptors (Lipinski definition) is 3. The SMILES string of the molecule is O=C1ONCC1C(F)(F)F. The predicted molar refractivity (Wildman–Crippen MR) is 23.6 cm³/mol. The van der Waals surface area contributed by atoms with E-state index in [-0.39, 0.29) is 0 Å². The number of carbonyl (C=O) groups excluding carboxylic acids is 1. The first-order valence-corrected chi connectivity index (χ1v) is 2.52. The summed E-state index contributed by atoms with van der Waals surface area (Å²) in [7, 11) is 0. The first-order chi connectivity index (χ1) is 4.52. The second-order valence-electron chi connectivity index (χ2n) is 1.86. The van der Waals surface area contributed by atoms with Crippen molar-refractivity contribution in [1.82, 2.24) is 5.48 Å². The van der Waals surface area contributed by atoms with E-state index in [1.165, 1.54) is 0 Å². The van der Waals surface area contributed by atoms with Gasteiger partial charge < -0.3 is 4.84 Å². The Morgan fingerprint density at radius 1 is 1.60 bits per heavy atom. The van der Waals surface area contributed by atoms with Crippen molar-refractivity contribution in [2.75, 3.05) is 6.54 Å². The van der Waals surface area contributed by atoms with E-state index in [0.717, 1.165) is 0 Å². The van der Waals surface area contributed by atoms with E-state index in [1.54, 1.807) is 0 Å². The Labute approximate surface area is 54.1 Å². The lowest BCUT2D eigenvalue weighted by molar-refractivity contribution is -0.183. The van der Waals surface area contributed by atoms with Crippen LogP contribution in [0.2, 0.25) is 0 Å². The molecule has 1 fully saturated rings. The number of alkyl halides is 3. The van der Waals surface area contributed by atoms with Gasteiger partial charge >= 0.3 is 12.1 Å². The van der Waals surface area contributed by atoms with Crippen LogP contribution in [0.3, 0.4) is 0 Å². The summed E-state index contributed by atoms with van der Waals surface area (Å²) < 4.78 is 35.0. The van der Waals surface area contributed by atoms with Crippen LogP contribution in [0.15, 0.2) is 0 Å². The number of rotatable bonds is 0. The number of nitrogens with one attached hydrogen (secondary N) is 1. The highest BCUT2D eigenvalue weighted by Gasteiger charge is 2.49. The largest absolute Gasteiger partial charge is 0.403 e.